The lowest BCUT2D eigenvalue weighted by Gasteiger charge is -2.42. The number of hydrogen-bond acceptors (Lipinski definition) is 5. The van der Waals surface area contributed by atoms with Crippen LogP contribution in [0.1, 0.15) is 17.5 Å². The zero-order valence-corrected chi connectivity index (χ0v) is 16.7. The molecule has 1 saturated heterocycles. The van der Waals surface area contributed by atoms with Gasteiger partial charge >= 0.3 is 0 Å². The van der Waals surface area contributed by atoms with Gasteiger partial charge in [0.05, 0.1) is 18.7 Å². The van der Waals surface area contributed by atoms with E-state index in [2.05, 4.69) is 52.3 Å². The number of aromatic nitrogens is 3. The normalized spacial score (nSPS) is 20.6. The molecule has 6 rings (SSSR count). The molecule has 1 aliphatic heterocycles. The van der Waals surface area contributed by atoms with Gasteiger partial charge in [0.2, 0.25) is 0 Å². The predicted octanol–water partition coefficient (Wildman–Crippen LogP) is 4.37. The van der Waals surface area contributed by atoms with Crippen molar-refractivity contribution in [2.75, 3.05) is 24.6 Å². The van der Waals surface area contributed by atoms with Crippen molar-refractivity contribution >= 4 is 16.7 Å². The minimum atomic E-state index is -0.252. The standard InChI is InChI=1S/C25H22N4O/c1-3-7-21-18(5-1)9-12-25(21)17-29(15-16-30-25)24-20-6-2-4-8-22(20)27-23(28-24)19-10-13-26-14-11-19/h1-8,10-11,13-14H,9,12,15-17H2. The number of anilines is 1. The smallest absolute Gasteiger partial charge is 0.162 e. The van der Waals surface area contributed by atoms with Crippen molar-refractivity contribution < 1.29 is 4.74 Å². The average molecular weight is 394 g/mol. The number of rotatable bonds is 2. The molecule has 0 radical (unpaired) electrons. The molecule has 2 aliphatic rings. The summed E-state index contributed by atoms with van der Waals surface area (Å²) in [5, 5.41) is 1.08. The van der Waals surface area contributed by atoms with Gasteiger partial charge < -0.3 is 9.64 Å². The second-order valence-corrected chi connectivity index (χ2v) is 8.05. The Morgan fingerprint density at radius 1 is 0.900 bits per heavy atom. The summed E-state index contributed by atoms with van der Waals surface area (Å²) < 4.78 is 6.44. The second kappa shape index (κ2) is 6.89. The largest absolute Gasteiger partial charge is 0.367 e. The minimum absolute atomic E-state index is 0.252. The topological polar surface area (TPSA) is 51.1 Å². The molecule has 2 aromatic carbocycles. The third-order valence-electron chi connectivity index (χ3n) is 6.31. The predicted molar refractivity (Wildman–Crippen MR) is 117 cm³/mol. The van der Waals surface area contributed by atoms with Crippen LogP contribution < -0.4 is 4.90 Å². The van der Waals surface area contributed by atoms with E-state index in [1.165, 1.54) is 11.1 Å². The van der Waals surface area contributed by atoms with Crippen molar-refractivity contribution in [3.63, 3.8) is 0 Å². The van der Waals surface area contributed by atoms with Gasteiger partial charge in [0.1, 0.15) is 11.4 Å². The molecule has 0 N–H and O–H groups in total. The summed E-state index contributed by atoms with van der Waals surface area (Å²) in [7, 11) is 0. The molecule has 0 amide bonds. The Bertz CT molecular complexity index is 1220. The van der Waals surface area contributed by atoms with E-state index in [-0.39, 0.29) is 5.60 Å². The van der Waals surface area contributed by atoms with Gasteiger partial charge in [0.15, 0.2) is 5.82 Å². The molecule has 5 heteroatoms. The molecule has 5 nitrogen and oxygen atoms in total. The first kappa shape index (κ1) is 17.5. The Balaban J connectivity index is 1.47. The van der Waals surface area contributed by atoms with Crippen molar-refractivity contribution in [2.24, 2.45) is 0 Å². The van der Waals surface area contributed by atoms with Gasteiger partial charge in [-0.05, 0) is 48.2 Å². The highest BCUT2D eigenvalue weighted by Gasteiger charge is 2.43. The van der Waals surface area contributed by atoms with Crippen LogP contribution in [0.5, 0.6) is 0 Å². The summed E-state index contributed by atoms with van der Waals surface area (Å²) >= 11 is 0. The zero-order chi connectivity index (χ0) is 20.0. The summed E-state index contributed by atoms with van der Waals surface area (Å²) in [5.41, 5.74) is 4.43. The SMILES string of the molecule is c1ccc2c(c1)CCC21CN(c2nc(-c3ccncc3)nc3ccccc23)CCO1. The van der Waals surface area contributed by atoms with E-state index in [1.807, 2.05) is 18.2 Å². The van der Waals surface area contributed by atoms with Gasteiger partial charge in [-0.3, -0.25) is 4.98 Å². The Morgan fingerprint density at radius 2 is 1.73 bits per heavy atom. The van der Waals surface area contributed by atoms with E-state index >= 15 is 0 Å². The lowest BCUT2D eigenvalue weighted by Crippen LogP contribution is -2.49. The Kier molecular flexibility index (Phi) is 4.03. The number of nitrogens with zero attached hydrogens (tertiary/aromatic N) is 4. The van der Waals surface area contributed by atoms with Crippen LogP contribution in [0.4, 0.5) is 5.82 Å². The van der Waals surface area contributed by atoms with Crippen molar-refractivity contribution in [2.45, 2.75) is 18.4 Å². The summed E-state index contributed by atoms with van der Waals surface area (Å²) in [5.74, 6) is 1.72. The molecule has 4 aromatic rings. The molecule has 30 heavy (non-hydrogen) atoms. The van der Waals surface area contributed by atoms with Crippen LogP contribution in [-0.2, 0) is 16.8 Å². The van der Waals surface area contributed by atoms with E-state index in [1.54, 1.807) is 12.4 Å². The lowest BCUT2D eigenvalue weighted by molar-refractivity contribution is -0.0593. The van der Waals surface area contributed by atoms with Crippen LogP contribution in [0, 0.1) is 0 Å². The van der Waals surface area contributed by atoms with Gasteiger partial charge in [-0.1, -0.05) is 36.4 Å². The quantitative estimate of drug-likeness (QED) is 0.505. The highest BCUT2D eigenvalue weighted by molar-refractivity contribution is 5.91. The van der Waals surface area contributed by atoms with Gasteiger partial charge in [-0.15, -0.1) is 0 Å². The first-order valence-electron chi connectivity index (χ1n) is 10.5. The maximum absolute atomic E-state index is 6.44. The van der Waals surface area contributed by atoms with Crippen molar-refractivity contribution in [3.05, 3.63) is 84.2 Å². The van der Waals surface area contributed by atoms with Crippen molar-refractivity contribution in [3.8, 4) is 11.4 Å². The van der Waals surface area contributed by atoms with Gasteiger partial charge in [0.25, 0.3) is 0 Å². The van der Waals surface area contributed by atoms with E-state index in [4.69, 9.17) is 14.7 Å². The molecular formula is C25H22N4O. The third-order valence-corrected chi connectivity index (χ3v) is 6.31. The molecule has 2 aromatic heterocycles. The Labute approximate surface area is 175 Å². The second-order valence-electron chi connectivity index (χ2n) is 8.05. The van der Waals surface area contributed by atoms with Crippen LogP contribution in [0.2, 0.25) is 0 Å². The van der Waals surface area contributed by atoms with Gasteiger partial charge in [-0.2, -0.15) is 0 Å². The van der Waals surface area contributed by atoms with E-state index in [0.717, 1.165) is 54.0 Å². The molecule has 1 spiro atoms. The monoisotopic (exact) mass is 394 g/mol. The number of para-hydroxylation sites is 1. The number of fused-ring (bicyclic) bond motifs is 3. The third kappa shape index (κ3) is 2.77. The average Bonchev–Trinajstić information content (AvgIpc) is 3.16. The fraction of sp³-hybridized carbons (Fsp3) is 0.240. The fourth-order valence-electron chi connectivity index (χ4n) is 4.86. The van der Waals surface area contributed by atoms with Crippen LogP contribution in [-0.4, -0.2) is 34.6 Å². The van der Waals surface area contributed by atoms with Crippen LogP contribution >= 0.6 is 0 Å². The fourth-order valence-corrected chi connectivity index (χ4v) is 4.86. The number of morpholine rings is 1. The molecule has 148 valence electrons. The molecule has 1 aliphatic carbocycles. The van der Waals surface area contributed by atoms with Crippen LogP contribution in [0.25, 0.3) is 22.3 Å². The van der Waals surface area contributed by atoms with E-state index in [9.17, 15) is 0 Å². The maximum atomic E-state index is 6.44. The van der Waals surface area contributed by atoms with Gasteiger partial charge in [-0.25, -0.2) is 9.97 Å². The Morgan fingerprint density at radius 3 is 2.67 bits per heavy atom. The molecular weight excluding hydrogens is 372 g/mol. The number of benzene rings is 2. The number of hydrogen-bond donors (Lipinski definition) is 0. The molecule has 1 atom stereocenters. The summed E-state index contributed by atoms with van der Waals surface area (Å²) in [6.45, 7) is 2.32. The number of ether oxygens (including phenoxy) is 1. The zero-order valence-electron chi connectivity index (χ0n) is 16.7. The van der Waals surface area contributed by atoms with Crippen molar-refractivity contribution in [1.82, 2.24) is 15.0 Å². The molecule has 0 saturated carbocycles. The first-order valence-corrected chi connectivity index (χ1v) is 10.5. The number of aryl methyl sites for hydroxylation is 1. The highest BCUT2D eigenvalue weighted by atomic mass is 16.5. The lowest BCUT2D eigenvalue weighted by atomic mass is 9.93. The first-order chi connectivity index (χ1) is 14.8. The summed E-state index contributed by atoms with van der Waals surface area (Å²) in [6.07, 6.45) is 5.65. The van der Waals surface area contributed by atoms with Crippen molar-refractivity contribution in [1.29, 1.82) is 0 Å². The Hall–Kier alpha value is -3.31. The van der Waals surface area contributed by atoms with E-state index in [0.29, 0.717) is 6.61 Å². The number of pyridine rings is 1. The molecule has 1 unspecified atom stereocenters. The van der Waals surface area contributed by atoms with Crippen LogP contribution in [0.3, 0.4) is 0 Å². The highest BCUT2D eigenvalue weighted by Crippen LogP contribution is 2.43. The van der Waals surface area contributed by atoms with Crippen LogP contribution in [0.15, 0.2) is 73.1 Å². The summed E-state index contributed by atoms with van der Waals surface area (Å²) in [4.78, 5) is 16.4. The maximum Gasteiger partial charge on any atom is 0.162 e. The minimum Gasteiger partial charge on any atom is -0.367 e. The van der Waals surface area contributed by atoms with Gasteiger partial charge in [0, 0.05) is 29.9 Å². The molecule has 0 bridgehead atoms. The molecule has 3 heterocycles. The molecule has 1 fully saturated rings. The summed E-state index contributed by atoms with van der Waals surface area (Å²) in [6, 6.07) is 20.9. The van der Waals surface area contributed by atoms with E-state index < -0.39 is 0 Å².